The maximum atomic E-state index is 12.9. The zero-order valence-corrected chi connectivity index (χ0v) is 12.8. The van der Waals surface area contributed by atoms with Crippen molar-refractivity contribution >= 4 is 11.8 Å². The first-order valence-corrected chi connectivity index (χ1v) is 7.18. The van der Waals surface area contributed by atoms with Crippen LogP contribution >= 0.6 is 0 Å². The Hall–Kier alpha value is -2.90. The van der Waals surface area contributed by atoms with Gasteiger partial charge in [-0.25, -0.2) is 4.39 Å². The van der Waals surface area contributed by atoms with E-state index < -0.39 is 35.4 Å². The van der Waals surface area contributed by atoms with Gasteiger partial charge in [-0.15, -0.1) is 0 Å². The van der Waals surface area contributed by atoms with E-state index in [1.54, 1.807) is 0 Å². The van der Waals surface area contributed by atoms with Gasteiger partial charge in [-0.2, -0.15) is 13.2 Å². The minimum atomic E-state index is -4.46. The fourth-order valence-electron chi connectivity index (χ4n) is 2.13. The largest absolute Gasteiger partial charge is 0.416 e. The Labute approximate surface area is 140 Å². The molecule has 132 valence electrons. The molecule has 25 heavy (non-hydrogen) atoms. The molecule has 2 aromatic carbocycles. The highest BCUT2D eigenvalue weighted by Gasteiger charge is 2.30. The second kappa shape index (κ2) is 7.33. The molecule has 2 aromatic rings. The van der Waals surface area contributed by atoms with Crippen LogP contribution < -0.4 is 11.1 Å². The Kier molecular flexibility index (Phi) is 5.41. The summed E-state index contributed by atoms with van der Waals surface area (Å²) in [6.07, 6.45) is -4.53. The third-order valence-corrected chi connectivity index (χ3v) is 3.48. The van der Waals surface area contributed by atoms with Crippen molar-refractivity contribution in [3.8, 4) is 0 Å². The number of nitrogens with one attached hydrogen (secondary N) is 1. The molecule has 0 aliphatic rings. The molecule has 3 N–H and O–H groups in total. The van der Waals surface area contributed by atoms with E-state index >= 15 is 0 Å². The van der Waals surface area contributed by atoms with Crippen molar-refractivity contribution in [2.75, 3.05) is 0 Å². The van der Waals surface area contributed by atoms with Gasteiger partial charge in [-0.3, -0.25) is 9.59 Å². The number of rotatable bonds is 5. The fourth-order valence-corrected chi connectivity index (χ4v) is 2.13. The quantitative estimate of drug-likeness (QED) is 0.811. The second-order valence-corrected chi connectivity index (χ2v) is 5.33. The minimum Gasteiger partial charge on any atom is -0.368 e. The summed E-state index contributed by atoms with van der Waals surface area (Å²) in [5, 5.41) is 2.39. The average molecular weight is 354 g/mol. The number of hydrogen-bond acceptors (Lipinski definition) is 2. The molecule has 0 spiro atoms. The van der Waals surface area contributed by atoms with Gasteiger partial charge in [0.2, 0.25) is 5.91 Å². The Morgan fingerprint density at radius 2 is 1.56 bits per heavy atom. The highest BCUT2D eigenvalue weighted by atomic mass is 19.4. The van der Waals surface area contributed by atoms with E-state index in [1.807, 2.05) is 0 Å². The summed E-state index contributed by atoms with van der Waals surface area (Å²) in [4.78, 5) is 23.6. The van der Waals surface area contributed by atoms with E-state index in [0.717, 1.165) is 24.3 Å². The van der Waals surface area contributed by atoms with Crippen molar-refractivity contribution in [2.45, 2.75) is 18.6 Å². The van der Waals surface area contributed by atoms with E-state index in [-0.39, 0.29) is 12.0 Å². The molecular formula is C17H14F4N2O2. The molecule has 0 bridgehead atoms. The van der Waals surface area contributed by atoms with Crippen LogP contribution in [0.25, 0.3) is 0 Å². The molecule has 2 rings (SSSR count). The number of hydrogen-bond donors (Lipinski definition) is 2. The maximum Gasteiger partial charge on any atom is 0.416 e. The van der Waals surface area contributed by atoms with Crippen LogP contribution in [0.5, 0.6) is 0 Å². The van der Waals surface area contributed by atoms with Gasteiger partial charge in [0.25, 0.3) is 5.91 Å². The molecule has 4 nitrogen and oxygen atoms in total. The zero-order chi connectivity index (χ0) is 18.6. The van der Waals surface area contributed by atoms with Crippen LogP contribution in [-0.4, -0.2) is 17.9 Å². The van der Waals surface area contributed by atoms with Crippen molar-refractivity contribution in [2.24, 2.45) is 5.73 Å². The Balaban J connectivity index is 2.09. The third-order valence-electron chi connectivity index (χ3n) is 3.48. The number of halogens is 4. The average Bonchev–Trinajstić information content (AvgIpc) is 2.54. The molecule has 0 unspecified atom stereocenters. The van der Waals surface area contributed by atoms with Gasteiger partial charge >= 0.3 is 6.18 Å². The van der Waals surface area contributed by atoms with Crippen LogP contribution in [0, 0.1) is 5.82 Å². The highest BCUT2D eigenvalue weighted by Crippen LogP contribution is 2.29. The lowest BCUT2D eigenvalue weighted by Crippen LogP contribution is -2.45. The first-order valence-electron chi connectivity index (χ1n) is 7.18. The van der Waals surface area contributed by atoms with Gasteiger partial charge in [0, 0.05) is 12.0 Å². The smallest absolute Gasteiger partial charge is 0.368 e. The Bertz CT molecular complexity index is 756. The van der Waals surface area contributed by atoms with E-state index in [0.29, 0.717) is 5.56 Å². The summed E-state index contributed by atoms with van der Waals surface area (Å²) in [6, 6.07) is 7.72. The van der Waals surface area contributed by atoms with Gasteiger partial charge in [-0.1, -0.05) is 12.1 Å². The van der Waals surface area contributed by atoms with E-state index in [4.69, 9.17) is 5.73 Å². The molecule has 1 atom stereocenters. The van der Waals surface area contributed by atoms with Crippen LogP contribution in [0.3, 0.4) is 0 Å². The van der Waals surface area contributed by atoms with Gasteiger partial charge in [0.15, 0.2) is 0 Å². The van der Waals surface area contributed by atoms with Gasteiger partial charge in [0.05, 0.1) is 5.56 Å². The second-order valence-electron chi connectivity index (χ2n) is 5.33. The molecule has 0 saturated heterocycles. The number of benzene rings is 2. The molecule has 0 aliphatic carbocycles. The van der Waals surface area contributed by atoms with Crippen molar-refractivity contribution in [3.05, 3.63) is 71.0 Å². The standard InChI is InChI=1S/C17H14F4N2O2/c18-13-7-3-11(4-8-13)16(25)23-14(15(22)24)9-10-1-5-12(6-2-10)17(19,20)21/h1-8,14H,9H2,(H2,22,24)(H,23,25)/t14-/m1/s1. The number of carbonyl (C=O) groups is 2. The van der Waals surface area contributed by atoms with Crippen LogP contribution in [0.1, 0.15) is 21.5 Å². The van der Waals surface area contributed by atoms with E-state index in [1.165, 1.54) is 24.3 Å². The van der Waals surface area contributed by atoms with E-state index in [2.05, 4.69) is 5.32 Å². The van der Waals surface area contributed by atoms with Crippen molar-refractivity contribution in [1.82, 2.24) is 5.32 Å². The van der Waals surface area contributed by atoms with Crippen molar-refractivity contribution in [1.29, 1.82) is 0 Å². The lowest BCUT2D eigenvalue weighted by Gasteiger charge is -2.16. The molecule has 0 fully saturated rings. The molecule has 8 heteroatoms. The predicted molar refractivity (Wildman–Crippen MR) is 82.0 cm³/mol. The van der Waals surface area contributed by atoms with Crippen LogP contribution in [0.2, 0.25) is 0 Å². The summed E-state index contributed by atoms with van der Waals surface area (Å²) in [7, 11) is 0. The third kappa shape index (κ3) is 5.03. The van der Waals surface area contributed by atoms with Gasteiger partial charge < -0.3 is 11.1 Å². The summed E-state index contributed by atoms with van der Waals surface area (Å²) >= 11 is 0. The van der Waals surface area contributed by atoms with E-state index in [9.17, 15) is 27.2 Å². The van der Waals surface area contributed by atoms with Gasteiger partial charge in [0.1, 0.15) is 11.9 Å². The molecular weight excluding hydrogens is 340 g/mol. The summed E-state index contributed by atoms with van der Waals surface area (Å²) in [5.41, 5.74) is 4.95. The summed E-state index contributed by atoms with van der Waals surface area (Å²) < 4.78 is 50.5. The first kappa shape index (κ1) is 18.4. The van der Waals surface area contributed by atoms with Crippen molar-refractivity contribution in [3.63, 3.8) is 0 Å². The first-order chi connectivity index (χ1) is 11.7. The monoisotopic (exact) mass is 354 g/mol. The van der Waals surface area contributed by atoms with Gasteiger partial charge in [-0.05, 0) is 42.0 Å². The lowest BCUT2D eigenvalue weighted by atomic mass is 10.0. The molecule has 0 saturated carbocycles. The Morgan fingerprint density at radius 1 is 1.00 bits per heavy atom. The molecule has 0 radical (unpaired) electrons. The Morgan fingerprint density at radius 3 is 2.04 bits per heavy atom. The predicted octanol–water partition coefficient (Wildman–Crippen LogP) is 2.67. The molecule has 0 aliphatic heterocycles. The number of nitrogens with two attached hydrogens (primary N) is 1. The fraction of sp³-hybridized carbons (Fsp3) is 0.176. The molecule has 2 amide bonds. The summed E-state index contributed by atoms with van der Waals surface area (Å²) in [6.45, 7) is 0. The van der Waals surface area contributed by atoms with Crippen molar-refractivity contribution < 1.29 is 27.2 Å². The normalized spacial score (nSPS) is 12.5. The summed E-state index contributed by atoms with van der Waals surface area (Å²) in [5.74, 6) is -2.00. The molecule has 0 aromatic heterocycles. The number of carbonyl (C=O) groups excluding carboxylic acids is 2. The van der Waals surface area contributed by atoms with Crippen LogP contribution in [-0.2, 0) is 17.4 Å². The minimum absolute atomic E-state index is 0.0690. The van der Waals surface area contributed by atoms with Crippen LogP contribution in [0.4, 0.5) is 17.6 Å². The lowest BCUT2D eigenvalue weighted by molar-refractivity contribution is -0.137. The highest BCUT2D eigenvalue weighted by molar-refractivity contribution is 5.97. The number of primary amides is 1. The number of amides is 2. The number of alkyl halides is 3. The maximum absolute atomic E-state index is 12.9. The van der Waals surface area contributed by atoms with Crippen LogP contribution in [0.15, 0.2) is 48.5 Å². The molecule has 0 heterocycles. The topological polar surface area (TPSA) is 72.2 Å². The zero-order valence-electron chi connectivity index (χ0n) is 12.8. The SMILES string of the molecule is NC(=O)[C@@H](Cc1ccc(C(F)(F)F)cc1)NC(=O)c1ccc(F)cc1.